The van der Waals surface area contributed by atoms with Gasteiger partial charge in [-0.1, -0.05) is 0 Å². The normalized spacial score (nSPS) is 17.8. The van der Waals surface area contributed by atoms with Crippen LogP contribution in [-0.2, 0) is 24.8 Å². The maximum atomic E-state index is 11.1. The second kappa shape index (κ2) is 7.17. The molecule has 26 heavy (non-hydrogen) atoms. The van der Waals surface area contributed by atoms with Crippen molar-refractivity contribution >= 4 is 33.4 Å². The number of hydrogen-bond donors (Lipinski definition) is 1. The summed E-state index contributed by atoms with van der Waals surface area (Å²) in [6.07, 6.45) is 6.03. The number of carbonyl (C=O) groups excluding carboxylic acids is 1. The van der Waals surface area contributed by atoms with Crippen LogP contribution in [0, 0.1) is 5.92 Å². The largest absolute Gasteiger partial charge is 0.346 e. The van der Waals surface area contributed by atoms with E-state index in [0.717, 1.165) is 31.6 Å². The smallest absolute Gasteiger partial charge is 0.223 e. The Kier molecular flexibility index (Phi) is 4.74. The lowest BCUT2D eigenvalue weighted by molar-refractivity contribution is -0.114. The number of likely N-dealkylation sites (tertiary alicyclic amines) is 1. The van der Waals surface area contributed by atoms with Gasteiger partial charge in [-0.15, -0.1) is 11.3 Å². The molecule has 4 rings (SSSR count). The second-order valence-electron chi connectivity index (χ2n) is 7.01. The standard InChI is InChI=1S/C19H23N5OS/c1-13(25)22-19-21-10-16(26-19)12-24-7-5-14(11-24)8-15-9-17-18(23(15)2)4-3-6-20-17/h3-4,6,9-10,14H,5,7-8,11-12H2,1-2H3,(H,21,22,25)/t14-/m0/s1. The summed E-state index contributed by atoms with van der Waals surface area (Å²) in [6.45, 7) is 4.63. The van der Waals surface area contributed by atoms with Crippen molar-refractivity contribution in [2.45, 2.75) is 26.3 Å². The molecule has 0 unspecified atom stereocenters. The lowest BCUT2D eigenvalue weighted by Crippen LogP contribution is -2.20. The van der Waals surface area contributed by atoms with Gasteiger partial charge in [0.15, 0.2) is 5.13 Å². The van der Waals surface area contributed by atoms with Gasteiger partial charge in [-0.3, -0.25) is 14.7 Å². The summed E-state index contributed by atoms with van der Waals surface area (Å²) < 4.78 is 2.27. The molecule has 1 fully saturated rings. The van der Waals surface area contributed by atoms with E-state index >= 15 is 0 Å². The summed E-state index contributed by atoms with van der Waals surface area (Å²) in [5, 5.41) is 3.44. The van der Waals surface area contributed by atoms with E-state index in [-0.39, 0.29) is 5.91 Å². The molecule has 0 bridgehead atoms. The number of aryl methyl sites for hydroxylation is 1. The number of aromatic nitrogens is 3. The van der Waals surface area contributed by atoms with Crippen molar-refractivity contribution in [2.24, 2.45) is 13.0 Å². The van der Waals surface area contributed by atoms with Gasteiger partial charge in [-0.25, -0.2) is 4.98 Å². The first kappa shape index (κ1) is 17.2. The molecule has 1 aliphatic rings. The van der Waals surface area contributed by atoms with E-state index in [1.807, 2.05) is 18.5 Å². The zero-order chi connectivity index (χ0) is 18.1. The van der Waals surface area contributed by atoms with Gasteiger partial charge in [0.05, 0.1) is 11.0 Å². The van der Waals surface area contributed by atoms with Gasteiger partial charge in [0, 0.05) is 50.0 Å². The fraction of sp³-hybridized carbons (Fsp3) is 0.421. The van der Waals surface area contributed by atoms with Crippen LogP contribution >= 0.6 is 11.3 Å². The van der Waals surface area contributed by atoms with Crippen LogP contribution < -0.4 is 5.32 Å². The number of carbonyl (C=O) groups is 1. The number of rotatable bonds is 5. The molecular weight excluding hydrogens is 346 g/mol. The first-order valence-electron chi connectivity index (χ1n) is 8.92. The number of hydrogen-bond acceptors (Lipinski definition) is 5. The van der Waals surface area contributed by atoms with Crippen molar-refractivity contribution in [1.82, 2.24) is 19.4 Å². The molecule has 4 heterocycles. The molecule has 7 heteroatoms. The fourth-order valence-electron chi connectivity index (χ4n) is 3.74. The third-order valence-electron chi connectivity index (χ3n) is 5.00. The van der Waals surface area contributed by atoms with E-state index in [4.69, 9.17) is 0 Å². The molecule has 0 radical (unpaired) electrons. The molecule has 1 atom stereocenters. The number of nitrogens with one attached hydrogen (secondary N) is 1. The highest BCUT2D eigenvalue weighted by Gasteiger charge is 2.24. The summed E-state index contributed by atoms with van der Waals surface area (Å²) in [7, 11) is 2.13. The van der Waals surface area contributed by atoms with Crippen molar-refractivity contribution in [2.75, 3.05) is 18.4 Å². The van der Waals surface area contributed by atoms with Crippen LogP contribution in [0.15, 0.2) is 30.6 Å². The van der Waals surface area contributed by atoms with Crippen molar-refractivity contribution in [3.8, 4) is 0 Å². The van der Waals surface area contributed by atoms with E-state index in [1.165, 1.54) is 29.4 Å². The Morgan fingerprint density at radius 1 is 1.42 bits per heavy atom. The highest BCUT2D eigenvalue weighted by atomic mass is 32.1. The Morgan fingerprint density at radius 3 is 3.12 bits per heavy atom. The predicted octanol–water partition coefficient (Wildman–Crippen LogP) is 3.05. The second-order valence-corrected chi connectivity index (χ2v) is 8.12. The predicted molar refractivity (Wildman–Crippen MR) is 104 cm³/mol. The Balaban J connectivity index is 1.36. The zero-order valence-corrected chi connectivity index (χ0v) is 15.9. The van der Waals surface area contributed by atoms with Crippen LogP contribution in [0.25, 0.3) is 11.0 Å². The van der Waals surface area contributed by atoms with E-state index in [9.17, 15) is 4.79 Å². The first-order chi connectivity index (χ1) is 12.6. The molecule has 1 aliphatic heterocycles. The topological polar surface area (TPSA) is 63.1 Å². The molecule has 1 amide bonds. The summed E-state index contributed by atoms with van der Waals surface area (Å²) in [5.41, 5.74) is 3.64. The van der Waals surface area contributed by atoms with Crippen LogP contribution in [0.3, 0.4) is 0 Å². The number of thiazole rings is 1. The molecule has 1 saturated heterocycles. The molecule has 0 saturated carbocycles. The number of fused-ring (bicyclic) bond motifs is 1. The van der Waals surface area contributed by atoms with Gasteiger partial charge < -0.3 is 9.88 Å². The van der Waals surface area contributed by atoms with Gasteiger partial charge in [0.1, 0.15) is 0 Å². The lowest BCUT2D eigenvalue weighted by Gasteiger charge is -2.15. The molecule has 1 N–H and O–H groups in total. The Morgan fingerprint density at radius 2 is 2.31 bits per heavy atom. The highest BCUT2D eigenvalue weighted by Crippen LogP contribution is 2.27. The van der Waals surface area contributed by atoms with Crippen LogP contribution in [0.2, 0.25) is 0 Å². The van der Waals surface area contributed by atoms with Gasteiger partial charge in [0.25, 0.3) is 0 Å². The highest BCUT2D eigenvalue weighted by molar-refractivity contribution is 7.15. The van der Waals surface area contributed by atoms with Crippen LogP contribution in [0.4, 0.5) is 5.13 Å². The van der Waals surface area contributed by atoms with Crippen LogP contribution in [0.5, 0.6) is 0 Å². The van der Waals surface area contributed by atoms with E-state index in [0.29, 0.717) is 11.0 Å². The Bertz CT molecular complexity index is 931. The van der Waals surface area contributed by atoms with Gasteiger partial charge in [-0.05, 0) is 43.5 Å². The molecule has 6 nitrogen and oxygen atoms in total. The quantitative estimate of drug-likeness (QED) is 0.751. The van der Waals surface area contributed by atoms with Gasteiger partial charge in [0.2, 0.25) is 5.91 Å². The number of amides is 1. The Hall–Kier alpha value is -2.25. The maximum absolute atomic E-state index is 11.1. The van der Waals surface area contributed by atoms with E-state index in [2.05, 4.69) is 43.9 Å². The molecule has 3 aromatic heterocycles. The maximum Gasteiger partial charge on any atom is 0.223 e. The average Bonchev–Trinajstić information content (AvgIpc) is 3.30. The number of nitrogens with zero attached hydrogens (tertiary/aromatic N) is 4. The summed E-state index contributed by atoms with van der Waals surface area (Å²) in [6, 6.07) is 6.35. The minimum Gasteiger partial charge on any atom is -0.346 e. The van der Waals surface area contributed by atoms with Gasteiger partial charge >= 0.3 is 0 Å². The van der Waals surface area contributed by atoms with E-state index in [1.54, 1.807) is 11.3 Å². The average molecular weight is 369 g/mol. The lowest BCUT2D eigenvalue weighted by atomic mass is 10.0. The summed E-state index contributed by atoms with van der Waals surface area (Å²) in [5.74, 6) is 0.595. The molecule has 0 aromatic carbocycles. The molecular formula is C19H23N5OS. The van der Waals surface area contributed by atoms with Crippen LogP contribution in [0.1, 0.15) is 23.9 Å². The molecule has 3 aromatic rings. The van der Waals surface area contributed by atoms with Crippen molar-refractivity contribution < 1.29 is 4.79 Å². The van der Waals surface area contributed by atoms with Crippen LogP contribution in [-0.4, -0.2) is 38.4 Å². The monoisotopic (exact) mass is 369 g/mol. The van der Waals surface area contributed by atoms with Crippen molar-refractivity contribution in [1.29, 1.82) is 0 Å². The molecule has 0 spiro atoms. The fourth-order valence-corrected chi connectivity index (χ4v) is 4.64. The number of pyridine rings is 1. The minimum atomic E-state index is -0.0726. The van der Waals surface area contributed by atoms with Crippen molar-refractivity contribution in [3.05, 3.63) is 41.2 Å². The third kappa shape index (κ3) is 3.64. The molecule has 0 aliphatic carbocycles. The van der Waals surface area contributed by atoms with Gasteiger partial charge in [-0.2, -0.15) is 0 Å². The molecule has 136 valence electrons. The Labute approximate surface area is 156 Å². The van der Waals surface area contributed by atoms with E-state index < -0.39 is 0 Å². The third-order valence-corrected chi connectivity index (χ3v) is 5.89. The van der Waals surface area contributed by atoms with Crippen molar-refractivity contribution in [3.63, 3.8) is 0 Å². The summed E-state index contributed by atoms with van der Waals surface area (Å²) in [4.78, 5) is 23.5. The SMILES string of the molecule is CC(=O)Nc1ncc(CN2CC[C@@H](Cc3cc4ncccc4n3C)C2)s1. The summed E-state index contributed by atoms with van der Waals surface area (Å²) >= 11 is 1.56. The first-order valence-corrected chi connectivity index (χ1v) is 9.74. The number of anilines is 1. The zero-order valence-electron chi connectivity index (χ0n) is 15.1. The minimum absolute atomic E-state index is 0.0726.